The van der Waals surface area contributed by atoms with Gasteiger partial charge in [0.05, 0.1) is 12.3 Å². The number of anilines is 3. The van der Waals surface area contributed by atoms with E-state index in [2.05, 4.69) is 78.9 Å². The highest BCUT2D eigenvalue weighted by atomic mass is 15.1. The molecule has 250 valence electrons. The quantitative estimate of drug-likeness (QED) is 0.154. The molecule has 0 N–H and O–H groups in total. The van der Waals surface area contributed by atoms with Crippen molar-refractivity contribution in [2.24, 2.45) is 0 Å². The summed E-state index contributed by atoms with van der Waals surface area (Å²) >= 11 is 0. The molecule has 53 heavy (non-hydrogen) atoms. The van der Waals surface area contributed by atoms with Gasteiger partial charge in [0.2, 0.25) is 0 Å². The largest absolute Gasteiger partial charge is 0.311 e. The molecule has 0 bridgehead atoms. The molecule has 0 aliphatic rings. The number of rotatable bonds is 8. The van der Waals surface area contributed by atoms with Crippen LogP contribution in [0, 0.1) is 0 Å². The molecule has 0 fully saturated rings. The summed E-state index contributed by atoms with van der Waals surface area (Å²) in [6.07, 6.45) is 0. The number of nitrogens with zero attached hydrogens (tertiary/aromatic N) is 1. The van der Waals surface area contributed by atoms with Gasteiger partial charge in [-0.3, -0.25) is 0 Å². The van der Waals surface area contributed by atoms with Crippen molar-refractivity contribution in [1.29, 1.82) is 0 Å². The van der Waals surface area contributed by atoms with Crippen molar-refractivity contribution in [2.45, 2.75) is 0 Å². The van der Waals surface area contributed by atoms with Gasteiger partial charge in [0.25, 0.3) is 0 Å². The zero-order valence-electron chi connectivity index (χ0n) is 37.6. The third-order valence-corrected chi connectivity index (χ3v) is 9.44. The molecule has 0 radical (unpaired) electrons. The van der Waals surface area contributed by atoms with Crippen LogP contribution in [0.25, 0.3) is 66.4 Å². The first kappa shape index (κ1) is 23.5. The van der Waals surface area contributed by atoms with Crippen molar-refractivity contribution in [3.63, 3.8) is 0 Å². The lowest BCUT2D eigenvalue weighted by Crippen LogP contribution is -2.09. The first-order valence-electron chi connectivity index (χ1n) is 21.9. The molecule has 0 saturated carbocycles. The van der Waals surface area contributed by atoms with E-state index in [-0.39, 0.29) is 16.8 Å². The lowest BCUT2D eigenvalue weighted by atomic mass is 9.97. The van der Waals surface area contributed by atoms with E-state index in [0.29, 0.717) is 11.4 Å². The molecule has 0 saturated heterocycles. The Morgan fingerprint density at radius 1 is 0.264 bits per heavy atom. The molecule has 9 aromatic carbocycles. The molecule has 1 nitrogen and oxygen atoms in total. The van der Waals surface area contributed by atoms with Crippen LogP contribution in [0.5, 0.6) is 0 Å². The van der Waals surface area contributed by atoms with Gasteiger partial charge in [0.1, 0.15) is 0 Å². The van der Waals surface area contributed by atoms with Crippen LogP contribution in [-0.2, 0) is 0 Å². The Balaban J connectivity index is 1.14. The molecular formula is C52H37N. The van der Waals surface area contributed by atoms with Crippen LogP contribution in [0.1, 0.15) is 12.3 Å². The summed E-state index contributed by atoms with van der Waals surface area (Å²) in [5.74, 6) is 0. The SMILES string of the molecule is [2H]c1c([2H])c([2H])c(-c2c([2H])c([2H])c(N(c3ccc(-c4ccc(-c5ccccc5)cc4)cc3)c3ccc(-c4cccc(-c5ccc6ccccc6c5)c4)cc3)c([2H])c2[2H])c([2H])c1[2H]. The second-order valence-corrected chi connectivity index (χ2v) is 12.7. The van der Waals surface area contributed by atoms with Gasteiger partial charge in [0.15, 0.2) is 0 Å². The van der Waals surface area contributed by atoms with Gasteiger partial charge in [-0.25, -0.2) is 0 Å². The minimum absolute atomic E-state index is 0.0536. The van der Waals surface area contributed by atoms with Gasteiger partial charge >= 0.3 is 0 Å². The zero-order valence-corrected chi connectivity index (χ0v) is 28.6. The maximum Gasteiger partial charge on any atom is 0.0645 e. The third-order valence-electron chi connectivity index (χ3n) is 9.44. The maximum atomic E-state index is 9.36. The summed E-state index contributed by atoms with van der Waals surface area (Å²) in [4.78, 5) is 1.67. The predicted molar refractivity (Wildman–Crippen MR) is 226 cm³/mol. The predicted octanol–water partition coefficient (Wildman–Crippen LogP) is 14.6. The second-order valence-electron chi connectivity index (χ2n) is 12.7. The Bertz CT molecular complexity index is 3090. The number of fused-ring (bicyclic) bond motifs is 1. The molecule has 0 amide bonds. The highest BCUT2D eigenvalue weighted by Crippen LogP contribution is 2.38. The van der Waals surface area contributed by atoms with Crippen molar-refractivity contribution < 1.29 is 12.3 Å². The fraction of sp³-hybridized carbons (Fsp3) is 0. The molecule has 1 heteroatoms. The van der Waals surface area contributed by atoms with E-state index in [0.717, 1.165) is 49.9 Å². The molecule has 0 spiro atoms. The summed E-state index contributed by atoms with van der Waals surface area (Å²) in [5.41, 5.74) is 8.55. The first-order valence-corrected chi connectivity index (χ1v) is 17.4. The van der Waals surface area contributed by atoms with Crippen molar-refractivity contribution in [3.8, 4) is 55.6 Å². The summed E-state index contributed by atoms with van der Waals surface area (Å²) in [6, 6.07) is 51.7. The van der Waals surface area contributed by atoms with Crippen LogP contribution in [0.3, 0.4) is 0 Å². The Morgan fingerprint density at radius 3 is 1.32 bits per heavy atom. The summed E-state index contributed by atoms with van der Waals surface area (Å²) in [6.45, 7) is 0. The topological polar surface area (TPSA) is 3.24 Å². The molecule has 0 heterocycles. The standard InChI is InChI=1S/C52H37N/c1-3-10-38(11-4-1)41-18-20-42(21-19-41)44-26-32-51(33-27-44)53(50-30-24-43(25-31-50)39-12-5-2-6-13-39)52-34-28-45(29-35-52)47-16-9-17-48(36-47)49-23-22-40-14-7-8-15-46(40)37-49/h1-37H/i2D,5D,6D,12D,13D,24D,25D,30D,31D. The van der Waals surface area contributed by atoms with Gasteiger partial charge in [-0.05, 0) is 115 Å². The molecule has 9 aromatic rings. The number of benzene rings is 9. The van der Waals surface area contributed by atoms with Crippen LogP contribution < -0.4 is 4.90 Å². The Kier molecular flexibility index (Phi) is 6.36. The average molecular weight is 685 g/mol. The molecule has 0 unspecified atom stereocenters. The molecule has 0 aliphatic heterocycles. The Labute approximate surface area is 324 Å². The van der Waals surface area contributed by atoms with Crippen molar-refractivity contribution in [2.75, 3.05) is 4.90 Å². The van der Waals surface area contributed by atoms with Crippen LogP contribution in [0.15, 0.2) is 224 Å². The van der Waals surface area contributed by atoms with Gasteiger partial charge in [-0.15, -0.1) is 0 Å². The smallest absolute Gasteiger partial charge is 0.0645 e. The Morgan fingerprint density at radius 2 is 0.698 bits per heavy atom. The van der Waals surface area contributed by atoms with Crippen LogP contribution in [0.4, 0.5) is 17.1 Å². The van der Waals surface area contributed by atoms with E-state index in [1.54, 1.807) is 4.90 Å². The zero-order chi connectivity index (χ0) is 43.2. The molecule has 9 rings (SSSR count). The van der Waals surface area contributed by atoms with E-state index in [4.69, 9.17) is 6.85 Å². The van der Waals surface area contributed by atoms with E-state index >= 15 is 0 Å². The normalized spacial score (nSPS) is 13.4. The fourth-order valence-electron chi connectivity index (χ4n) is 6.66. The van der Waals surface area contributed by atoms with Crippen LogP contribution in [-0.4, -0.2) is 0 Å². The van der Waals surface area contributed by atoms with Gasteiger partial charge in [-0.2, -0.15) is 0 Å². The number of hydrogen-bond donors (Lipinski definition) is 0. The lowest BCUT2D eigenvalue weighted by molar-refractivity contribution is 1.28. The third kappa shape index (κ3) is 6.77. The van der Waals surface area contributed by atoms with E-state index < -0.39 is 54.4 Å². The Hall–Kier alpha value is -6.96. The average Bonchev–Trinajstić information content (AvgIpc) is 3.32. The van der Waals surface area contributed by atoms with Gasteiger partial charge in [-0.1, -0.05) is 176 Å². The molecule has 0 aromatic heterocycles. The molecular weight excluding hydrogens is 639 g/mol. The van der Waals surface area contributed by atoms with E-state index in [9.17, 15) is 5.48 Å². The van der Waals surface area contributed by atoms with Crippen molar-refractivity contribution in [3.05, 3.63) is 224 Å². The highest BCUT2D eigenvalue weighted by Gasteiger charge is 2.14. The molecule has 0 atom stereocenters. The summed E-state index contributed by atoms with van der Waals surface area (Å²) in [5, 5.41) is 2.33. The minimum atomic E-state index is -0.624. The minimum Gasteiger partial charge on any atom is -0.311 e. The summed E-state index contributed by atoms with van der Waals surface area (Å²) < 4.78 is 78.7. The second kappa shape index (κ2) is 14.3. The van der Waals surface area contributed by atoms with Crippen molar-refractivity contribution >= 4 is 27.8 Å². The van der Waals surface area contributed by atoms with Gasteiger partial charge < -0.3 is 4.90 Å². The van der Waals surface area contributed by atoms with Crippen molar-refractivity contribution in [1.82, 2.24) is 0 Å². The highest BCUT2D eigenvalue weighted by molar-refractivity contribution is 5.88. The fourth-order valence-corrected chi connectivity index (χ4v) is 6.66. The first-order chi connectivity index (χ1) is 30.0. The molecule has 0 aliphatic carbocycles. The van der Waals surface area contributed by atoms with Crippen LogP contribution in [0.2, 0.25) is 0 Å². The summed E-state index contributed by atoms with van der Waals surface area (Å²) in [7, 11) is 0. The number of hydrogen-bond acceptors (Lipinski definition) is 1. The van der Waals surface area contributed by atoms with Gasteiger partial charge in [0, 0.05) is 17.1 Å². The monoisotopic (exact) mass is 684 g/mol. The van der Waals surface area contributed by atoms with Crippen LogP contribution >= 0.6 is 0 Å². The van der Waals surface area contributed by atoms with E-state index in [1.807, 2.05) is 91.0 Å². The lowest BCUT2D eigenvalue weighted by Gasteiger charge is -2.26. The van der Waals surface area contributed by atoms with E-state index in [1.165, 1.54) is 5.39 Å². The maximum absolute atomic E-state index is 9.36.